The van der Waals surface area contributed by atoms with Gasteiger partial charge < -0.3 is 4.79 Å². The number of benzene rings is 1. The first kappa shape index (κ1) is 16.8. The van der Waals surface area contributed by atoms with Crippen LogP contribution in [-0.4, -0.2) is 26.8 Å². The number of aryl methyl sites for hydroxylation is 3. The van der Waals surface area contributed by atoms with Crippen molar-refractivity contribution in [3.63, 3.8) is 0 Å². The van der Waals surface area contributed by atoms with E-state index in [0.29, 0.717) is 6.42 Å². The maximum absolute atomic E-state index is 11.3. The summed E-state index contributed by atoms with van der Waals surface area (Å²) < 4.78 is 2.07. The quantitative estimate of drug-likeness (QED) is 0.659. The molecule has 1 aromatic carbocycles. The molecule has 0 saturated carbocycles. The molecule has 1 aliphatic heterocycles. The Kier molecular flexibility index (Phi) is 4.07. The molecule has 1 aliphatic rings. The molecule has 3 aromatic rings. The third kappa shape index (κ3) is 2.52. The maximum Gasteiger partial charge on any atom is 0.163 e. The van der Waals surface area contributed by atoms with Gasteiger partial charge >= 0.3 is 0 Å². The zero-order valence-electron chi connectivity index (χ0n) is 15.3. The zero-order valence-corrected chi connectivity index (χ0v) is 16.1. The van der Waals surface area contributed by atoms with E-state index in [1.807, 2.05) is 6.92 Å². The van der Waals surface area contributed by atoms with Crippen LogP contribution in [0.5, 0.6) is 0 Å². The molecule has 5 nitrogen and oxygen atoms in total. The number of carbonyl (C=O) groups is 1. The van der Waals surface area contributed by atoms with E-state index in [2.05, 4.69) is 59.8 Å². The normalized spacial score (nSPS) is 15.8. The lowest BCUT2D eigenvalue weighted by Crippen LogP contribution is -2.07. The average molecular weight is 364 g/mol. The van der Waals surface area contributed by atoms with Gasteiger partial charge in [0.25, 0.3) is 0 Å². The van der Waals surface area contributed by atoms with Crippen LogP contribution in [0.2, 0.25) is 0 Å². The average Bonchev–Trinajstić information content (AvgIpc) is 3.09. The topological polar surface area (TPSA) is 60.1 Å². The van der Waals surface area contributed by atoms with Crippen LogP contribution in [-0.2, 0) is 4.79 Å². The largest absolute Gasteiger partial charge is 0.303 e. The van der Waals surface area contributed by atoms with Crippen molar-refractivity contribution in [2.24, 2.45) is 4.99 Å². The van der Waals surface area contributed by atoms with Crippen LogP contribution in [0.1, 0.15) is 51.2 Å². The van der Waals surface area contributed by atoms with Crippen molar-refractivity contribution in [1.29, 1.82) is 0 Å². The fourth-order valence-electron chi connectivity index (χ4n) is 3.35. The van der Waals surface area contributed by atoms with Gasteiger partial charge in [0.15, 0.2) is 5.82 Å². The molecule has 0 unspecified atom stereocenters. The number of aldehydes is 1. The van der Waals surface area contributed by atoms with Gasteiger partial charge in [-0.3, -0.25) is 9.56 Å². The summed E-state index contributed by atoms with van der Waals surface area (Å²) in [7, 11) is 0. The van der Waals surface area contributed by atoms with E-state index in [9.17, 15) is 4.79 Å². The Balaban J connectivity index is 2.05. The van der Waals surface area contributed by atoms with Gasteiger partial charge in [-0.2, -0.15) is 0 Å². The molecule has 0 saturated heterocycles. The Labute approximate surface area is 156 Å². The van der Waals surface area contributed by atoms with Gasteiger partial charge in [0.05, 0.1) is 5.71 Å². The Hall–Kier alpha value is -2.60. The van der Waals surface area contributed by atoms with Crippen molar-refractivity contribution in [2.75, 3.05) is 0 Å². The summed E-state index contributed by atoms with van der Waals surface area (Å²) in [5.74, 6) is 1.55. The Morgan fingerprint density at radius 3 is 2.54 bits per heavy atom. The monoisotopic (exact) mass is 364 g/mol. The predicted octanol–water partition coefficient (Wildman–Crippen LogP) is 4.04. The van der Waals surface area contributed by atoms with Crippen LogP contribution in [0.3, 0.4) is 0 Å². The van der Waals surface area contributed by atoms with E-state index in [1.54, 1.807) is 11.3 Å². The minimum atomic E-state index is -0.329. The summed E-state index contributed by atoms with van der Waals surface area (Å²) in [5.41, 5.74) is 5.53. The lowest BCUT2D eigenvalue weighted by molar-refractivity contribution is -0.108. The molecule has 6 heteroatoms. The summed E-state index contributed by atoms with van der Waals surface area (Å²) in [4.78, 5) is 17.6. The second kappa shape index (κ2) is 6.29. The molecule has 0 aliphatic carbocycles. The van der Waals surface area contributed by atoms with E-state index in [0.717, 1.165) is 39.8 Å². The van der Waals surface area contributed by atoms with Gasteiger partial charge in [0, 0.05) is 22.4 Å². The van der Waals surface area contributed by atoms with Gasteiger partial charge in [-0.1, -0.05) is 29.8 Å². The van der Waals surface area contributed by atoms with E-state index < -0.39 is 0 Å². The first-order valence-corrected chi connectivity index (χ1v) is 9.44. The van der Waals surface area contributed by atoms with E-state index in [4.69, 9.17) is 4.99 Å². The smallest absolute Gasteiger partial charge is 0.163 e. The molecule has 0 bridgehead atoms. The number of carbonyl (C=O) groups excluding carboxylic acids is 1. The second-order valence-electron chi connectivity index (χ2n) is 6.67. The number of aromatic nitrogens is 3. The number of hydrogen-bond donors (Lipinski definition) is 0. The summed E-state index contributed by atoms with van der Waals surface area (Å²) in [6.07, 6.45) is 1.20. The lowest BCUT2D eigenvalue weighted by Gasteiger charge is -2.10. The highest BCUT2D eigenvalue weighted by Gasteiger charge is 2.30. The van der Waals surface area contributed by atoms with Crippen molar-refractivity contribution in [3.05, 3.63) is 63.0 Å². The molecule has 2 aromatic heterocycles. The third-order valence-corrected chi connectivity index (χ3v) is 6.08. The van der Waals surface area contributed by atoms with Crippen molar-refractivity contribution in [1.82, 2.24) is 14.8 Å². The highest BCUT2D eigenvalue weighted by molar-refractivity contribution is 7.15. The van der Waals surface area contributed by atoms with Gasteiger partial charge in [0.1, 0.15) is 23.2 Å². The molecule has 0 radical (unpaired) electrons. The second-order valence-corrected chi connectivity index (χ2v) is 7.87. The number of thiophene rings is 1. The maximum atomic E-state index is 11.3. The zero-order chi connectivity index (χ0) is 18.4. The van der Waals surface area contributed by atoms with E-state index in [1.165, 1.54) is 16.0 Å². The van der Waals surface area contributed by atoms with Crippen LogP contribution in [0.15, 0.2) is 29.3 Å². The Bertz CT molecular complexity index is 1030. The van der Waals surface area contributed by atoms with Crippen LogP contribution in [0.4, 0.5) is 0 Å². The number of fused-ring (bicyclic) bond motifs is 3. The fraction of sp³-hybridized carbons (Fsp3) is 0.300. The highest BCUT2D eigenvalue weighted by Crippen LogP contribution is 2.39. The molecular weight excluding hydrogens is 344 g/mol. The Morgan fingerprint density at radius 2 is 1.85 bits per heavy atom. The van der Waals surface area contributed by atoms with Crippen LogP contribution < -0.4 is 0 Å². The van der Waals surface area contributed by atoms with Gasteiger partial charge in [0.2, 0.25) is 0 Å². The Morgan fingerprint density at radius 1 is 1.12 bits per heavy atom. The van der Waals surface area contributed by atoms with Crippen molar-refractivity contribution < 1.29 is 4.79 Å². The van der Waals surface area contributed by atoms with Crippen molar-refractivity contribution in [3.8, 4) is 5.00 Å². The molecule has 0 amide bonds. The lowest BCUT2D eigenvalue weighted by atomic mass is 9.99. The first-order chi connectivity index (χ1) is 12.5. The molecule has 1 atom stereocenters. The molecule has 0 N–H and O–H groups in total. The van der Waals surface area contributed by atoms with Crippen molar-refractivity contribution in [2.45, 2.75) is 40.2 Å². The van der Waals surface area contributed by atoms with Crippen molar-refractivity contribution >= 4 is 23.3 Å². The third-order valence-electron chi connectivity index (χ3n) is 4.88. The summed E-state index contributed by atoms with van der Waals surface area (Å²) in [5, 5.41) is 9.69. The van der Waals surface area contributed by atoms with Crippen LogP contribution >= 0.6 is 11.3 Å². The minimum Gasteiger partial charge on any atom is -0.303 e. The number of nitrogens with zero attached hydrogens (tertiary/aromatic N) is 4. The van der Waals surface area contributed by atoms with Crippen LogP contribution in [0, 0.1) is 27.7 Å². The molecule has 26 heavy (non-hydrogen) atoms. The SMILES string of the molecule is Cc1ccc(C2=N[C@@H](CC=O)c3nnc(C)n3-c3sc(C)c(C)c32)cc1. The number of hydrogen-bond acceptors (Lipinski definition) is 5. The van der Waals surface area contributed by atoms with Gasteiger partial charge in [-0.05, 0) is 33.3 Å². The van der Waals surface area contributed by atoms with Crippen LogP contribution in [0.25, 0.3) is 5.00 Å². The molecule has 3 heterocycles. The fourth-order valence-corrected chi connectivity index (χ4v) is 4.56. The number of aliphatic imine (C=N–C) groups is 1. The van der Waals surface area contributed by atoms with Gasteiger partial charge in [-0.15, -0.1) is 21.5 Å². The first-order valence-electron chi connectivity index (χ1n) is 8.62. The number of rotatable bonds is 3. The highest BCUT2D eigenvalue weighted by atomic mass is 32.1. The summed E-state index contributed by atoms with van der Waals surface area (Å²) >= 11 is 1.73. The minimum absolute atomic E-state index is 0.292. The van der Waals surface area contributed by atoms with E-state index >= 15 is 0 Å². The molecule has 4 rings (SSSR count). The van der Waals surface area contributed by atoms with E-state index in [-0.39, 0.29) is 6.04 Å². The standard InChI is InChI=1S/C20H20N4OS/c1-11-5-7-15(8-6-11)18-17-12(2)13(3)26-20(17)24-14(4)22-23-19(24)16(21-18)9-10-25/h5-8,10,16H,9H2,1-4H3/t16-/m0/s1. The summed E-state index contributed by atoms with van der Waals surface area (Å²) in [6.45, 7) is 8.28. The van der Waals surface area contributed by atoms with Gasteiger partial charge in [-0.25, -0.2) is 0 Å². The predicted molar refractivity (Wildman–Crippen MR) is 104 cm³/mol. The summed E-state index contributed by atoms with van der Waals surface area (Å²) in [6, 6.07) is 8.06. The molecular formula is C20H20N4OS. The molecule has 132 valence electrons. The molecule has 0 fully saturated rings. The molecule has 0 spiro atoms.